The van der Waals surface area contributed by atoms with Crippen LogP contribution in [0.3, 0.4) is 0 Å². The van der Waals surface area contributed by atoms with Crippen molar-refractivity contribution in [3.63, 3.8) is 0 Å². The molecule has 0 saturated carbocycles. The van der Waals surface area contributed by atoms with Crippen LogP contribution in [0.15, 0.2) is 53.4 Å². The van der Waals surface area contributed by atoms with Crippen LogP contribution >= 0.6 is 11.6 Å². The first-order chi connectivity index (χ1) is 12.3. The third-order valence-electron chi connectivity index (χ3n) is 3.63. The van der Waals surface area contributed by atoms with E-state index in [4.69, 9.17) is 16.3 Å². The quantitative estimate of drug-likeness (QED) is 0.689. The lowest BCUT2D eigenvalue weighted by Gasteiger charge is -2.22. The van der Waals surface area contributed by atoms with Crippen molar-refractivity contribution in [1.29, 1.82) is 0 Å². The predicted molar refractivity (Wildman–Crippen MR) is 95.5 cm³/mol. The lowest BCUT2D eigenvalue weighted by molar-refractivity contribution is -0.145. The third kappa shape index (κ3) is 4.73. The molecule has 2 atom stereocenters. The zero-order valence-electron chi connectivity index (χ0n) is 14.0. The van der Waals surface area contributed by atoms with Gasteiger partial charge in [-0.3, -0.25) is 4.79 Å². The number of halogens is 1. The Kier molecular flexibility index (Phi) is 6.60. The highest BCUT2D eigenvalue weighted by Gasteiger charge is 2.33. The molecule has 0 spiro atoms. The number of carbonyl (C=O) groups excluding carboxylic acids is 1. The van der Waals surface area contributed by atoms with Gasteiger partial charge in [0.25, 0.3) is 0 Å². The van der Waals surface area contributed by atoms with Gasteiger partial charge in [0.1, 0.15) is 17.9 Å². The second-order valence-corrected chi connectivity index (χ2v) is 7.44. The van der Waals surface area contributed by atoms with Gasteiger partial charge in [-0.2, -0.15) is 4.72 Å². The van der Waals surface area contributed by atoms with Crippen molar-refractivity contribution in [2.45, 2.75) is 17.0 Å². The molecule has 26 heavy (non-hydrogen) atoms. The third-order valence-corrected chi connectivity index (χ3v) is 5.34. The van der Waals surface area contributed by atoms with Crippen LogP contribution in [0.5, 0.6) is 5.75 Å². The largest absolute Gasteiger partial charge is 0.497 e. The van der Waals surface area contributed by atoms with Gasteiger partial charge in [-0.05, 0) is 42.0 Å². The SMILES string of the molecule is COC(=O)C(NS(=O)(=O)c1ccc(Cl)cc1)C(O)c1ccc(OC)cc1. The fourth-order valence-electron chi connectivity index (χ4n) is 2.21. The molecule has 0 aliphatic rings. The standard InChI is InChI=1S/C17H18ClNO6S/c1-24-13-7-3-11(4-8-13)16(20)15(17(21)25-2)19-26(22,23)14-9-5-12(18)6-10-14/h3-10,15-16,19-20H,1-2H3. The van der Waals surface area contributed by atoms with E-state index >= 15 is 0 Å². The van der Waals surface area contributed by atoms with Gasteiger partial charge in [-0.25, -0.2) is 8.42 Å². The molecule has 2 aromatic rings. The molecule has 0 radical (unpaired) electrons. The molecule has 0 heterocycles. The predicted octanol–water partition coefficient (Wildman–Crippen LogP) is 1.90. The zero-order valence-corrected chi connectivity index (χ0v) is 15.6. The van der Waals surface area contributed by atoms with Crippen LogP contribution in [0.1, 0.15) is 11.7 Å². The van der Waals surface area contributed by atoms with E-state index in [1.165, 1.54) is 43.5 Å². The number of hydrogen-bond donors (Lipinski definition) is 2. The minimum atomic E-state index is -4.09. The van der Waals surface area contributed by atoms with Crippen LogP contribution in [-0.2, 0) is 19.6 Å². The monoisotopic (exact) mass is 399 g/mol. The summed E-state index contributed by atoms with van der Waals surface area (Å²) in [5, 5.41) is 10.9. The second-order valence-electron chi connectivity index (χ2n) is 5.29. The van der Waals surface area contributed by atoms with Gasteiger partial charge in [0.2, 0.25) is 10.0 Å². The Hall–Kier alpha value is -2.13. The Bertz CT molecular complexity index is 852. The van der Waals surface area contributed by atoms with Crippen molar-refractivity contribution in [3.05, 3.63) is 59.1 Å². The summed E-state index contributed by atoms with van der Waals surface area (Å²) in [6.07, 6.45) is -1.46. The van der Waals surface area contributed by atoms with Crippen LogP contribution in [0.25, 0.3) is 0 Å². The molecule has 2 N–H and O–H groups in total. The maximum absolute atomic E-state index is 12.5. The van der Waals surface area contributed by atoms with Crippen LogP contribution < -0.4 is 9.46 Å². The van der Waals surface area contributed by atoms with Gasteiger partial charge in [0, 0.05) is 5.02 Å². The fourth-order valence-corrected chi connectivity index (χ4v) is 3.53. The highest BCUT2D eigenvalue weighted by molar-refractivity contribution is 7.89. The highest BCUT2D eigenvalue weighted by atomic mass is 35.5. The van der Waals surface area contributed by atoms with Crippen molar-refractivity contribution in [2.24, 2.45) is 0 Å². The van der Waals surface area contributed by atoms with E-state index in [2.05, 4.69) is 9.46 Å². The topological polar surface area (TPSA) is 102 Å². The molecule has 0 saturated heterocycles. The Morgan fingerprint density at radius 1 is 1.08 bits per heavy atom. The number of esters is 1. The number of rotatable bonds is 7. The van der Waals surface area contributed by atoms with Crippen molar-refractivity contribution in [2.75, 3.05) is 14.2 Å². The van der Waals surface area contributed by atoms with Gasteiger partial charge in [-0.1, -0.05) is 23.7 Å². The number of benzene rings is 2. The Labute approximate surface area is 156 Å². The van der Waals surface area contributed by atoms with Crippen LogP contribution in [0.2, 0.25) is 5.02 Å². The minimum absolute atomic E-state index is 0.0993. The molecule has 2 aromatic carbocycles. The summed E-state index contributed by atoms with van der Waals surface area (Å²) in [6, 6.07) is 10.1. The van der Waals surface area contributed by atoms with E-state index in [1.54, 1.807) is 12.1 Å². The number of sulfonamides is 1. The number of aliphatic hydroxyl groups excluding tert-OH is 1. The summed E-state index contributed by atoms with van der Waals surface area (Å²) in [4.78, 5) is 12.0. The lowest BCUT2D eigenvalue weighted by Crippen LogP contribution is -2.45. The molecule has 0 aliphatic heterocycles. The summed E-state index contributed by atoms with van der Waals surface area (Å²) < 4.78 is 36.9. The van der Waals surface area contributed by atoms with Crippen LogP contribution in [0, 0.1) is 0 Å². The van der Waals surface area contributed by atoms with Crippen molar-refractivity contribution < 1.29 is 27.8 Å². The zero-order chi connectivity index (χ0) is 19.3. The molecular weight excluding hydrogens is 382 g/mol. The molecule has 0 aliphatic carbocycles. The summed E-state index contributed by atoms with van der Waals surface area (Å²) >= 11 is 5.76. The molecule has 0 bridgehead atoms. The van der Waals surface area contributed by atoms with Gasteiger partial charge in [-0.15, -0.1) is 0 Å². The molecule has 2 unspecified atom stereocenters. The molecule has 0 amide bonds. The van der Waals surface area contributed by atoms with Crippen LogP contribution in [0.4, 0.5) is 0 Å². The fraction of sp³-hybridized carbons (Fsp3) is 0.235. The number of ether oxygens (including phenoxy) is 2. The van der Waals surface area contributed by atoms with Crippen molar-refractivity contribution >= 4 is 27.6 Å². The van der Waals surface area contributed by atoms with Crippen molar-refractivity contribution in [1.82, 2.24) is 4.72 Å². The molecule has 0 aromatic heterocycles. The normalized spacial score (nSPS) is 13.7. The van der Waals surface area contributed by atoms with Gasteiger partial charge in [0.05, 0.1) is 19.1 Å². The van der Waals surface area contributed by atoms with E-state index in [-0.39, 0.29) is 4.90 Å². The average Bonchev–Trinajstić information content (AvgIpc) is 2.65. The first-order valence-corrected chi connectivity index (χ1v) is 9.32. The average molecular weight is 400 g/mol. The molecule has 140 valence electrons. The molecular formula is C17H18ClNO6S. The van der Waals surface area contributed by atoms with Crippen LogP contribution in [-0.4, -0.2) is 39.8 Å². The maximum Gasteiger partial charge on any atom is 0.326 e. The molecule has 9 heteroatoms. The molecule has 0 fully saturated rings. The summed E-state index contributed by atoms with van der Waals surface area (Å²) in [7, 11) is -1.50. The molecule has 2 rings (SSSR count). The molecule has 7 nitrogen and oxygen atoms in total. The number of methoxy groups -OCH3 is 2. The Morgan fingerprint density at radius 2 is 1.65 bits per heavy atom. The number of aliphatic hydroxyl groups is 1. The Balaban J connectivity index is 2.31. The second kappa shape index (κ2) is 8.50. The van der Waals surface area contributed by atoms with E-state index in [0.717, 1.165) is 7.11 Å². The van der Waals surface area contributed by atoms with Gasteiger partial charge < -0.3 is 14.6 Å². The minimum Gasteiger partial charge on any atom is -0.497 e. The number of nitrogens with one attached hydrogen (secondary N) is 1. The number of carbonyl (C=O) groups is 1. The first-order valence-electron chi connectivity index (χ1n) is 7.46. The maximum atomic E-state index is 12.5. The van der Waals surface area contributed by atoms with E-state index in [9.17, 15) is 18.3 Å². The first kappa shape index (κ1) is 20.2. The number of hydrogen-bond acceptors (Lipinski definition) is 6. The summed E-state index contributed by atoms with van der Waals surface area (Å²) in [5.74, 6) is -0.372. The highest BCUT2D eigenvalue weighted by Crippen LogP contribution is 2.23. The van der Waals surface area contributed by atoms with Crippen molar-refractivity contribution in [3.8, 4) is 5.75 Å². The van der Waals surface area contributed by atoms with E-state index < -0.39 is 28.1 Å². The van der Waals surface area contributed by atoms with E-state index in [1.807, 2.05) is 0 Å². The lowest BCUT2D eigenvalue weighted by atomic mass is 10.0. The summed E-state index contributed by atoms with van der Waals surface area (Å²) in [5.41, 5.74) is 0.319. The van der Waals surface area contributed by atoms with E-state index in [0.29, 0.717) is 16.3 Å². The Morgan fingerprint density at radius 3 is 2.15 bits per heavy atom. The smallest absolute Gasteiger partial charge is 0.326 e. The van der Waals surface area contributed by atoms with Gasteiger partial charge >= 0.3 is 5.97 Å². The van der Waals surface area contributed by atoms with Gasteiger partial charge in [0.15, 0.2) is 0 Å². The summed E-state index contributed by atoms with van der Waals surface area (Å²) in [6.45, 7) is 0.